The van der Waals surface area contributed by atoms with Gasteiger partial charge in [0.05, 0.1) is 5.56 Å². The molecule has 0 aliphatic carbocycles. The van der Waals surface area contributed by atoms with E-state index < -0.39 is 18.7 Å². The van der Waals surface area contributed by atoms with Gasteiger partial charge in [-0.25, -0.2) is 0 Å². The van der Waals surface area contributed by atoms with Crippen LogP contribution in [0.25, 0.3) is 0 Å². The maximum absolute atomic E-state index is 12.1. The van der Waals surface area contributed by atoms with Crippen LogP contribution in [-0.4, -0.2) is 38.3 Å². The van der Waals surface area contributed by atoms with Crippen molar-refractivity contribution in [2.75, 3.05) is 0 Å². The van der Waals surface area contributed by atoms with Gasteiger partial charge in [0.15, 0.2) is 5.78 Å². The molecule has 102 valence electrons. The standard InChI is InChI=1S/C13H11BO6/c15-9-3-7(4-10(16)6-9)13(18)11-2-1-8(14(19)20)5-12(11)17/h1-6,15-17,19-20H. The summed E-state index contributed by atoms with van der Waals surface area (Å²) in [7, 11) is -1.75. The smallest absolute Gasteiger partial charge is 0.488 e. The first-order valence-electron chi connectivity index (χ1n) is 5.65. The molecule has 0 heterocycles. The van der Waals surface area contributed by atoms with E-state index in [0.29, 0.717) is 0 Å². The first-order chi connectivity index (χ1) is 9.38. The van der Waals surface area contributed by atoms with Crippen LogP contribution in [-0.2, 0) is 0 Å². The largest absolute Gasteiger partial charge is 0.508 e. The van der Waals surface area contributed by atoms with Gasteiger partial charge in [-0.05, 0) is 29.7 Å². The van der Waals surface area contributed by atoms with E-state index in [4.69, 9.17) is 10.0 Å². The molecule has 0 fully saturated rings. The first kappa shape index (κ1) is 13.9. The molecule has 0 aliphatic heterocycles. The predicted molar refractivity (Wildman–Crippen MR) is 71.1 cm³/mol. The molecule has 6 nitrogen and oxygen atoms in total. The molecule has 0 saturated carbocycles. The molecule has 0 amide bonds. The number of carbonyl (C=O) groups excluding carboxylic acids is 1. The third-order valence-electron chi connectivity index (χ3n) is 2.73. The van der Waals surface area contributed by atoms with Crippen LogP contribution in [0.3, 0.4) is 0 Å². The van der Waals surface area contributed by atoms with Gasteiger partial charge < -0.3 is 25.4 Å². The van der Waals surface area contributed by atoms with Crippen molar-refractivity contribution in [3.05, 3.63) is 47.5 Å². The zero-order chi connectivity index (χ0) is 14.9. The highest BCUT2D eigenvalue weighted by molar-refractivity contribution is 6.58. The third kappa shape index (κ3) is 2.74. The third-order valence-corrected chi connectivity index (χ3v) is 2.73. The number of hydrogen-bond acceptors (Lipinski definition) is 6. The van der Waals surface area contributed by atoms with Gasteiger partial charge in [-0.3, -0.25) is 4.79 Å². The zero-order valence-electron chi connectivity index (χ0n) is 10.2. The summed E-state index contributed by atoms with van der Waals surface area (Å²) in [6.07, 6.45) is 0. The summed E-state index contributed by atoms with van der Waals surface area (Å²) in [5.41, 5.74) is -0.0488. The number of carbonyl (C=O) groups is 1. The number of phenols is 3. The van der Waals surface area contributed by atoms with E-state index in [1.165, 1.54) is 12.1 Å². The molecule has 5 N–H and O–H groups in total. The number of aromatic hydroxyl groups is 3. The van der Waals surface area contributed by atoms with Gasteiger partial charge in [-0.15, -0.1) is 0 Å². The highest BCUT2D eigenvalue weighted by Crippen LogP contribution is 2.25. The van der Waals surface area contributed by atoms with Crippen molar-refractivity contribution in [2.45, 2.75) is 0 Å². The monoisotopic (exact) mass is 274 g/mol. The van der Waals surface area contributed by atoms with Crippen LogP contribution < -0.4 is 5.46 Å². The fourth-order valence-corrected chi connectivity index (χ4v) is 1.78. The SMILES string of the molecule is O=C(c1cc(O)cc(O)c1)c1ccc(B(O)O)cc1O. The number of benzene rings is 2. The zero-order valence-corrected chi connectivity index (χ0v) is 10.2. The van der Waals surface area contributed by atoms with Gasteiger partial charge in [0, 0.05) is 11.6 Å². The Bertz CT molecular complexity index is 648. The molecule has 2 rings (SSSR count). The predicted octanol–water partition coefficient (Wildman–Crippen LogP) is -0.286. The minimum absolute atomic E-state index is 0.00454. The van der Waals surface area contributed by atoms with Gasteiger partial charge in [0.2, 0.25) is 0 Å². The second-order valence-electron chi connectivity index (χ2n) is 4.22. The average Bonchev–Trinajstić information content (AvgIpc) is 2.36. The molecule has 0 aromatic heterocycles. The lowest BCUT2D eigenvalue weighted by Crippen LogP contribution is -2.29. The summed E-state index contributed by atoms with van der Waals surface area (Å²) in [5, 5.41) is 46.3. The second-order valence-corrected chi connectivity index (χ2v) is 4.22. The quantitative estimate of drug-likeness (QED) is 0.388. The number of ketones is 1. The Balaban J connectivity index is 2.43. The Morgan fingerprint density at radius 1 is 0.900 bits per heavy atom. The van der Waals surface area contributed by atoms with Crippen molar-refractivity contribution in [2.24, 2.45) is 0 Å². The molecule has 2 aromatic carbocycles. The van der Waals surface area contributed by atoms with Crippen molar-refractivity contribution in [3.8, 4) is 17.2 Å². The van der Waals surface area contributed by atoms with Crippen LogP contribution in [0.15, 0.2) is 36.4 Å². The van der Waals surface area contributed by atoms with Gasteiger partial charge in [-0.1, -0.05) is 6.07 Å². The van der Waals surface area contributed by atoms with Crippen LogP contribution in [0, 0.1) is 0 Å². The Labute approximate surface area is 114 Å². The topological polar surface area (TPSA) is 118 Å². The molecule has 0 saturated heterocycles. The van der Waals surface area contributed by atoms with E-state index in [-0.39, 0.29) is 28.1 Å². The maximum atomic E-state index is 12.1. The van der Waals surface area contributed by atoms with Crippen LogP contribution >= 0.6 is 0 Å². The Kier molecular flexibility index (Phi) is 3.65. The Morgan fingerprint density at radius 3 is 2.00 bits per heavy atom. The molecule has 20 heavy (non-hydrogen) atoms. The van der Waals surface area contributed by atoms with Crippen molar-refractivity contribution < 1.29 is 30.2 Å². The normalized spacial score (nSPS) is 10.3. The minimum Gasteiger partial charge on any atom is -0.508 e. The fourth-order valence-electron chi connectivity index (χ4n) is 1.78. The van der Waals surface area contributed by atoms with E-state index in [1.54, 1.807) is 0 Å². The highest BCUT2D eigenvalue weighted by atomic mass is 16.4. The maximum Gasteiger partial charge on any atom is 0.488 e. The summed E-state index contributed by atoms with van der Waals surface area (Å²) >= 11 is 0. The van der Waals surface area contributed by atoms with Crippen molar-refractivity contribution in [3.63, 3.8) is 0 Å². The minimum atomic E-state index is -1.75. The molecule has 0 spiro atoms. The lowest BCUT2D eigenvalue weighted by atomic mass is 9.79. The summed E-state index contributed by atoms with van der Waals surface area (Å²) in [5.74, 6) is -1.61. The number of rotatable bonds is 3. The van der Waals surface area contributed by atoms with Crippen molar-refractivity contribution in [1.29, 1.82) is 0 Å². The molecule has 0 aliphatic rings. The van der Waals surface area contributed by atoms with Crippen LogP contribution in [0.4, 0.5) is 0 Å². The summed E-state index contributed by atoms with van der Waals surface area (Å²) < 4.78 is 0. The van der Waals surface area contributed by atoms with E-state index in [1.807, 2.05) is 0 Å². The molecule has 0 unspecified atom stereocenters. The van der Waals surface area contributed by atoms with E-state index in [0.717, 1.165) is 24.3 Å². The van der Waals surface area contributed by atoms with E-state index in [2.05, 4.69) is 0 Å². The van der Waals surface area contributed by atoms with Crippen molar-refractivity contribution >= 4 is 18.4 Å². The van der Waals surface area contributed by atoms with Gasteiger partial charge >= 0.3 is 7.12 Å². The molecule has 0 atom stereocenters. The number of phenolic OH excluding ortho intramolecular Hbond substituents is 3. The van der Waals surface area contributed by atoms with Gasteiger partial charge in [0.25, 0.3) is 0 Å². The summed E-state index contributed by atoms with van der Waals surface area (Å²) in [6.45, 7) is 0. The molecule has 0 bridgehead atoms. The molecule has 2 aromatic rings. The van der Waals surface area contributed by atoms with Crippen LogP contribution in [0.1, 0.15) is 15.9 Å². The van der Waals surface area contributed by atoms with Crippen LogP contribution in [0.2, 0.25) is 0 Å². The highest BCUT2D eigenvalue weighted by Gasteiger charge is 2.18. The second kappa shape index (κ2) is 5.24. The van der Waals surface area contributed by atoms with Crippen molar-refractivity contribution in [1.82, 2.24) is 0 Å². The van der Waals surface area contributed by atoms with E-state index in [9.17, 15) is 20.1 Å². The Morgan fingerprint density at radius 2 is 1.50 bits per heavy atom. The first-order valence-corrected chi connectivity index (χ1v) is 5.65. The van der Waals surface area contributed by atoms with E-state index >= 15 is 0 Å². The number of hydrogen-bond donors (Lipinski definition) is 5. The van der Waals surface area contributed by atoms with Crippen LogP contribution in [0.5, 0.6) is 17.2 Å². The molecule has 0 radical (unpaired) electrons. The fraction of sp³-hybridized carbons (Fsp3) is 0. The molecular formula is C13H11BO6. The Hall–Kier alpha value is -2.51. The summed E-state index contributed by atoms with van der Waals surface area (Å²) in [6, 6.07) is 6.93. The lowest BCUT2D eigenvalue weighted by molar-refractivity contribution is 0.103. The van der Waals surface area contributed by atoms with Gasteiger partial charge in [0.1, 0.15) is 17.2 Å². The molecule has 7 heteroatoms. The summed E-state index contributed by atoms with van der Waals surface area (Å²) in [4.78, 5) is 12.1. The molecular weight excluding hydrogens is 263 g/mol. The average molecular weight is 274 g/mol. The lowest BCUT2D eigenvalue weighted by Gasteiger charge is -2.07. The van der Waals surface area contributed by atoms with Gasteiger partial charge in [-0.2, -0.15) is 0 Å².